The molecule has 1 aliphatic carbocycles. The Morgan fingerprint density at radius 2 is 1.96 bits per heavy atom. The molecule has 2 aliphatic rings. The molecule has 2 heterocycles. The number of benzene rings is 1. The molecular weight excluding hydrogens is 330 g/mol. The molecule has 2 fully saturated rings. The predicted octanol–water partition coefficient (Wildman–Crippen LogP) is 1.11. The summed E-state index contributed by atoms with van der Waals surface area (Å²) in [6, 6.07) is 8.30. The van der Waals surface area contributed by atoms with Crippen molar-refractivity contribution in [3.8, 4) is 0 Å². The molecule has 1 aliphatic heterocycles. The predicted molar refractivity (Wildman–Crippen MR) is 95.2 cm³/mol. The third-order valence-corrected chi connectivity index (χ3v) is 5.22. The van der Waals surface area contributed by atoms with E-state index in [4.69, 9.17) is 0 Å². The van der Waals surface area contributed by atoms with Crippen LogP contribution in [-0.2, 0) is 16.1 Å². The molecule has 2 aromatic rings. The minimum atomic E-state index is -0.0505. The van der Waals surface area contributed by atoms with E-state index >= 15 is 0 Å². The van der Waals surface area contributed by atoms with Crippen molar-refractivity contribution in [2.75, 3.05) is 13.1 Å². The first-order chi connectivity index (χ1) is 12.6. The summed E-state index contributed by atoms with van der Waals surface area (Å²) in [4.78, 5) is 30.6. The molecule has 2 atom stereocenters. The van der Waals surface area contributed by atoms with Gasteiger partial charge in [0.05, 0.1) is 6.04 Å². The maximum atomic E-state index is 12.6. The summed E-state index contributed by atoms with van der Waals surface area (Å²) in [7, 11) is 0. The number of aryl methyl sites for hydroxylation is 1. The molecule has 7 nitrogen and oxygen atoms in total. The lowest BCUT2D eigenvalue weighted by Gasteiger charge is -2.20. The highest BCUT2D eigenvalue weighted by atomic mass is 16.2. The van der Waals surface area contributed by atoms with Gasteiger partial charge in [0, 0.05) is 24.9 Å². The van der Waals surface area contributed by atoms with Gasteiger partial charge in [-0.3, -0.25) is 9.59 Å². The molecule has 26 heavy (non-hydrogen) atoms. The van der Waals surface area contributed by atoms with Gasteiger partial charge in [-0.05, 0) is 25.3 Å². The number of rotatable bonds is 5. The van der Waals surface area contributed by atoms with E-state index < -0.39 is 0 Å². The molecule has 1 saturated carbocycles. The van der Waals surface area contributed by atoms with E-state index in [1.165, 1.54) is 22.9 Å². The fourth-order valence-corrected chi connectivity index (χ4v) is 3.50. The number of carbonyl (C=O) groups is 2. The fraction of sp³-hybridized carbons (Fsp3) is 0.474. The van der Waals surface area contributed by atoms with E-state index in [0.717, 1.165) is 18.4 Å². The van der Waals surface area contributed by atoms with Crippen molar-refractivity contribution in [1.29, 1.82) is 0 Å². The van der Waals surface area contributed by atoms with Crippen LogP contribution in [0.15, 0.2) is 36.9 Å². The quantitative estimate of drug-likeness (QED) is 0.873. The zero-order valence-electron chi connectivity index (χ0n) is 14.8. The van der Waals surface area contributed by atoms with E-state index in [1.54, 1.807) is 0 Å². The standard InChI is InChI=1S/C19H23N5O2/c1-13-2-4-14(5-3-13)16-8-23(18(25)10-24-12-20-11-21-24)9-17(16)22-19(26)15-6-7-15/h2-5,11-12,15-17H,6-10H2,1H3,(H,22,26)/t16-,17+/m0/s1. The third-order valence-electron chi connectivity index (χ3n) is 5.22. The smallest absolute Gasteiger partial charge is 0.244 e. The van der Waals surface area contributed by atoms with Crippen molar-refractivity contribution >= 4 is 11.8 Å². The van der Waals surface area contributed by atoms with Gasteiger partial charge in [-0.1, -0.05) is 29.8 Å². The van der Waals surface area contributed by atoms with E-state index in [0.29, 0.717) is 13.1 Å². The van der Waals surface area contributed by atoms with Crippen LogP contribution < -0.4 is 5.32 Å². The molecular formula is C19H23N5O2. The van der Waals surface area contributed by atoms with Crippen LogP contribution in [0.4, 0.5) is 0 Å². The summed E-state index contributed by atoms with van der Waals surface area (Å²) in [6.45, 7) is 3.36. The zero-order valence-corrected chi connectivity index (χ0v) is 14.8. The van der Waals surface area contributed by atoms with Gasteiger partial charge in [0.25, 0.3) is 0 Å². The molecule has 136 valence electrons. The first kappa shape index (κ1) is 16.8. The molecule has 0 spiro atoms. The van der Waals surface area contributed by atoms with Crippen molar-refractivity contribution in [3.63, 3.8) is 0 Å². The number of nitrogens with one attached hydrogen (secondary N) is 1. The molecule has 1 N–H and O–H groups in total. The zero-order chi connectivity index (χ0) is 18.1. The monoisotopic (exact) mass is 353 g/mol. The lowest BCUT2D eigenvalue weighted by atomic mass is 9.93. The van der Waals surface area contributed by atoms with Gasteiger partial charge in [0.2, 0.25) is 11.8 Å². The Hall–Kier alpha value is -2.70. The second kappa shape index (κ2) is 6.90. The van der Waals surface area contributed by atoms with Crippen molar-refractivity contribution in [1.82, 2.24) is 25.0 Å². The van der Waals surface area contributed by atoms with Gasteiger partial charge < -0.3 is 10.2 Å². The summed E-state index contributed by atoms with van der Waals surface area (Å²) >= 11 is 0. The Kier molecular flexibility index (Phi) is 4.44. The van der Waals surface area contributed by atoms with E-state index in [2.05, 4.69) is 46.6 Å². The van der Waals surface area contributed by atoms with Crippen LogP contribution in [0.25, 0.3) is 0 Å². The number of amides is 2. The van der Waals surface area contributed by atoms with Crippen molar-refractivity contribution in [2.24, 2.45) is 5.92 Å². The Bertz CT molecular complexity index is 783. The summed E-state index contributed by atoms with van der Waals surface area (Å²) in [5, 5.41) is 7.18. The van der Waals surface area contributed by atoms with Crippen LogP contribution >= 0.6 is 0 Å². The van der Waals surface area contributed by atoms with Crippen molar-refractivity contribution in [2.45, 2.75) is 38.3 Å². The number of aromatic nitrogens is 3. The van der Waals surface area contributed by atoms with Crippen molar-refractivity contribution in [3.05, 3.63) is 48.0 Å². The third kappa shape index (κ3) is 3.61. The minimum absolute atomic E-state index is 0.00391. The summed E-state index contributed by atoms with van der Waals surface area (Å²) in [5.41, 5.74) is 2.36. The van der Waals surface area contributed by atoms with Gasteiger partial charge in [-0.15, -0.1) is 0 Å². The normalized spacial score (nSPS) is 22.4. The number of hydrogen-bond donors (Lipinski definition) is 1. The van der Waals surface area contributed by atoms with Crippen LogP contribution in [0.5, 0.6) is 0 Å². The second-order valence-corrected chi connectivity index (χ2v) is 7.30. The Balaban J connectivity index is 1.50. The number of likely N-dealkylation sites (tertiary alicyclic amines) is 1. The highest BCUT2D eigenvalue weighted by molar-refractivity contribution is 5.82. The van der Waals surface area contributed by atoms with Gasteiger partial charge in [0.1, 0.15) is 19.2 Å². The lowest BCUT2D eigenvalue weighted by Crippen LogP contribution is -2.41. The van der Waals surface area contributed by atoms with Crippen LogP contribution in [0.2, 0.25) is 0 Å². The lowest BCUT2D eigenvalue weighted by molar-refractivity contribution is -0.131. The Morgan fingerprint density at radius 3 is 2.62 bits per heavy atom. The van der Waals surface area contributed by atoms with E-state index in [1.807, 2.05) is 4.90 Å². The Morgan fingerprint density at radius 1 is 1.19 bits per heavy atom. The average molecular weight is 353 g/mol. The fourth-order valence-electron chi connectivity index (χ4n) is 3.50. The molecule has 1 aromatic carbocycles. The maximum Gasteiger partial charge on any atom is 0.244 e. The van der Waals surface area contributed by atoms with Crippen LogP contribution in [0, 0.1) is 12.8 Å². The first-order valence-electron chi connectivity index (χ1n) is 9.07. The van der Waals surface area contributed by atoms with E-state index in [9.17, 15) is 9.59 Å². The highest BCUT2D eigenvalue weighted by Gasteiger charge is 2.39. The average Bonchev–Trinajstić information content (AvgIpc) is 3.21. The van der Waals surface area contributed by atoms with Gasteiger partial charge >= 0.3 is 0 Å². The summed E-state index contributed by atoms with van der Waals surface area (Å²) in [5.74, 6) is 0.389. The molecule has 1 saturated heterocycles. The molecule has 0 unspecified atom stereocenters. The van der Waals surface area contributed by atoms with Gasteiger partial charge in [-0.25, -0.2) is 9.67 Å². The molecule has 1 aromatic heterocycles. The number of carbonyl (C=O) groups excluding carboxylic acids is 2. The second-order valence-electron chi connectivity index (χ2n) is 7.30. The van der Waals surface area contributed by atoms with Crippen LogP contribution in [0.1, 0.15) is 29.9 Å². The van der Waals surface area contributed by atoms with Gasteiger partial charge in [-0.2, -0.15) is 5.10 Å². The van der Waals surface area contributed by atoms with Crippen LogP contribution in [-0.4, -0.2) is 50.6 Å². The largest absolute Gasteiger partial charge is 0.351 e. The van der Waals surface area contributed by atoms with E-state index in [-0.39, 0.29) is 36.2 Å². The van der Waals surface area contributed by atoms with Crippen molar-refractivity contribution < 1.29 is 9.59 Å². The maximum absolute atomic E-state index is 12.6. The topological polar surface area (TPSA) is 80.1 Å². The SMILES string of the molecule is Cc1ccc([C@@H]2CN(C(=O)Cn3cncn3)C[C@H]2NC(=O)C2CC2)cc1. The van der Waals surface area contributed by atoms with Crippen LogP contribution in [0.3, 0.4) is 0 Å². The summed E-state index contributed by atoms with van der Waals surface area (Å²) < 4.78 is 1.53. The first-order valence-corrected chi connectivity index (χ1v) is 9.07. The molecule has 0 bridgehead atoms. The highest BCUT2D eigenvalue weighted by Crippen LogP contribution is 2.32. The summed E-state index contributed by atoms with van der Waals surface area (Å²) in [6.07, 6.45) is 4.91. The van der Waals surface area contributed by atoms with Gasteiger partial charge in [0.15, 0.2) is 0 Å². The molecule has 4 rings (SSSR count). The molecule has 0 radical (unpaired) electrons. The number of nitrogens with zero attached hydrogens (tertiary/aromatic N) is 4. The number of hydrogen-bond acceptors (Lipinski definition) is 4. The molecule has 7 heteroatoms. The molecule has 2 amide bonds. The Labute approximate surface area is 152 Å². The minimum Gasteiger partial charge on any atom is -0.351 e.